The first-order valence-electron chi connectivity index (χ1n) is 8.55. The van der Waals surface area contributed by atoms with Gasteiger partial charge in [0.05, 0.1) is 0 Å². The van der Waals surface area contributed by atoms with E-state index in [1.165, 1.54) is 38.5 Å². The van der Waals surface area contributed by atoms with Gasteiger partial charge in [-0.05, 0) is 36.2 Å². The van der Waals surface area contributed by atoms with Crippen molar-refractivity contribution in [1.82, 2.24) is 5.32 Å². The van der Waals surface area contributed by atoms with Crippen molar-refractivity contribution in [3.8, 4) is 0 Å². The van der Waals surface area contributed by atoms with Crippen molar-refractivity contribution in [2.24, 2.45) is 11.8 Å². The molecule has 0 radical (unpaired) electrons. The van der Waals surface area contributed by atoms with E-state index in [-0.39, 0.29) is 12.4 Å². The summed E-state index contributed by atoms with van der Waals surface area (Å²) in [6.07, 6.45) is 8.67. The Hall–Kier alpha value is -0.530. The summed E-state index contributed by atoms with van der Waals surface area (Å²) in [5, 5.41) is 3.86. The normalized spacial score (nSPS) is 32.3. The number of nitrogens with one attached hydrogen (secondary N) is 1. The number of rotatable bonds is 3. The van der Waals surface area contributed by atoms with Gasteiger partial charge in [0.25, 0.3) is 0 Å². The van der Waals surface area contributed by atoms with Crippen LogP contribution in [0.5, 0.6) is 0 Å². The van der Waals surface area contributed by atoms with Crippen molar-refractivity contribution < 1.29 is 0 Å². The van der Waals surface area contributed by atoms with Gasteiger partial charge in [-0.1, -0.05) is 69.9 Å². The van der Waals surface area contributed by atoms with E-state index in [2.05, 4.69) is 49.5 Å². The van der Waals surface area contributed by atoms with Crippen LogP contribution in [0.4, 0.5) is 0 Å². The van der Waals surface area contributed by atoms with Crippen LogP contribution in [0.3, 0.4) is 0 Å². The second-order valence-electron chi connectivity index (χ2n) is 7.22. The van der Waals surface area contributed by atoms with E-state index < -0.39 is 0 Å². The first kappa shape index (κ1) is 16.8. The number of benzene rings is 1. The standard InChI is InChI=1S/C19H29N.ClH/c1-14(2)20-19-13-17-11-7-6-10-16(17)12-18(19)15-8-4-3-5-9-15;/h3-5,8-9,14,16-20H,6-7,10-13H2,1-2H3;1H. The van der Waals surface area contributed by atoms with E-state index in [0.717, 1.165) is 17.8 Å². The van der Waals surface area contributed by atoms with Gasteiger partial charge in [0.1, 0.15) is 0 Å². The quantitative estimate of drug-likeness (QED) is 0.813. The van der Waals surface area contributed by atoms with Gasteiger partial charge in [0.15, 0.2) is 0 Å². The molecule has 0 heterocycles. The summed E-state index contributed by atoms with van der Waals surface area (Å²) in [6.45, 7) is 4.57. The van der Waals surface area contributed by atoms with Crippen LogP contribution in [-0.4, -0.2) is 12.1 Å². The van der Waals surface area contributed by atoms with Gasteiger partial charge in [-0.3, -0.25) is 0 Å². The van der Waals surface area contributed by atoms with E-state index in [1.54, 1.807) is 5.56 Å². The first-order valence-corrected chi connectivity index (χ1v) is 8.55. The minimum Gasteiger partial charge on any atom is -0.311 e. The summed E-state index contributed by atoms with van der Waals surface area (Å²) in [7, 11) is 0. The van der Waals surface area contributed by atoms with E-state index in [9.17, 15) is 0 Å². The minimum absolute atomic E-state index is 0. The predicted molar refractivity (Wildman–Crippen MR) is 93.2 cm³/mol. The maximum absolute atomic E-state index is 3.86. The Kier molecular flexibility index (Phi) is 6.13. The molecule has 0 aliphatic heterocycles. The molecule has 0 amide bonds. The van der Waals surface area contributed by atoms with Crippen molar-refractivity contribution in [2.75, 3.05) is 0 Å². The van der Waals surface area contributed by atoms with Gasteiger partial charge < -0.3 is 5.32 Å². The molecular formula is C19H30ClN. The summed E-state index contributed by atoms with van der Waals surface area (Å²) >= 11 is 0. The number of hydrogen-bond acceptors (Lipinski definition) is 1. The Bertz CT molecular complexity index is 417. The summed E-state index contributed by atoms with van der Waals surface area (Å²) in [4.78, 5) is 0. The van der Waals surface area contributed by atoms with Gasteiger partial charge in [-0.25, -0.2) is 0 Å². The molecule has 0 saturated heterocycles. The highest BCUT2D eigenvalue weighted by molar-refractivity contribution is 5.85. The van der Waals surface area contributed by atoms with E-state index >= 15 is 0 Å². The maximum atomic E-state index is 3.86. The second kappa shape index (κ2) is 7.65. The molecule has 2 heteroatoms. The van der Waals surface area contributed by atoms with Crippen molar-refractivity contribution in [3.63, 3.8) is 0 Å². The lowest BCUT2D eigenvalue weighted by atomic mass is 9.64. The highest BCUT2D eigenvalue weighted by Crippen LogP contribution is 2.46. The lowest BCUT2D eigenvalue weighted by Crippen LogP contribution is -2.46. The fraction of sp³-hybridized carbons (Fsp3) is 0.684. The second-order valence-corrected chi connectivity index (χ2v) is 7.22. The molecule has 2 fully saturated rings. The largest absolute Gasteiger partial charge is 0.311 e. The molecule has 2 aliphatic carbocycles. The predicted octanol–water partition coefficient (Wildman–Crippen LogP) is 5.16. The summed E-state index contributed by atoms with van der Waals surface area (Å²) in [6, 6.07) is 12.5. The molecular weight excluding hydrogens is 278 g/mol. The number of fused-ring (bicyclic) bond motifs is 1. The molecule has 1 N–H and O–H groups in total. The fourth-order valence-electron chi connectivity index (χ4n) is 4.57. The first-order chi connectivity index (χ1) is 9.74. The van der Waals surface area contributed by atoms with Crippen molar-refractivity contribution >= 4 is 12.4 Å². The molecule has 0 spiro atoms. The Balaban J connectivity index is 0.00000161. The van der Waals surface area contributed by atoms with Crippen LogP contribution >= 0.6 is 12.4 Å². The zero-order chi connectivity index (χ0) is 13.9. The van der Waals surface area contributed by atoms with Crippen LogP contribution in [-0.2, 0) is 0 Å². The average Bonchev–Trinajstić information content (AvgIpc) is 2.47. The zero-order valence-corrected chi connectivity index (χ0v) is 14.2. The Labute approximate surface area is 136 Å². The summed E-state index contributed by atoms with van der Waals surface area (Å²) < 4.78 is 0. The molecule has 4 unspecified atom stereocenters. The zero-order valence-electron chi connectivity index (χ0n) is 13.4. The van der Waals surface area contributed by atoms with Crippen molar-refractivity contribution in [3.05, 3.63) is 35.9 Å². The average molecular weight is 308 g/mol. The monoisotopic (exact) mass is 307 g/mol. The summed E-state index contributed by atoms with van der Waals surface area (Å²) in [5.41, 5.74) is 1.55. The van der Waals surface area contributed by atoms with Gasteiger partial charge in [-0.2, -0.15) is 0 Å². The SMILES string of the molecule is CC(C)NC1CC2CCCCC2CC1c1ccccc1.Cl. The molecule has 2 aliphatic rings. The van der Waals surface area contributed by atoms with Gasteiger partial charge in [0.2, 0.25) is 0 Å². The maximum Gasteiger partial charge on any atom is 0.0141 e. The molecule has 0 bridgehead atoms. The summed E-state index contributed by atoms with van der Waals surface area (Å²) in [5.74, 6) is 2.69. The van der Waals surface area contributed by atoms with Gasteiger partial charge >= 0.3 is 0 Å². The van der Waals surface area contributed by atoms with Gasteiger partial charge in [0, 0.05) is 12.1 Å². The minimum atomic E-state index is 0. The topological polar surface area (TPSA) is 12.0 Å². The van der Waals surface area contributed by atoms with Crippen molar-refractivity contribution in [2.45, 2.75) is 70.4 Å². The van der Waals surface area contributed by atoms with Crippen LogP contribution < -0.4 is 5.32 Å². The van der Waals surface area contributed by atoms with Crippen LogP contribution in [0.1, 0.15) is 63.9 Å². The highest BCUT2D eigenvalue weighted by atomic mass is 35.5. The van der Waals surface area contributed by atoms with Crippen LogP contribution in [0.25, 0.3) is 0 Å². The number of hydrogen-bond donors (Lipinski definition) is 1. The van der Waals surface area contributed by atoms with Crippen LogP contribution in [0.2, 0.25) is 0 Å². The van der Waals surface area contributed by atoms with E-state index in [4.69, 9.17) is 0 Å². The molecule has 118 valence electrons. The number of halogens is 1. The van der Waals surface area contributed by atoms with Crippen LogP contribution in [0, 0.1) is 11.8 Å². The third-order valence-corrected chi connectivity index (χ3v) is 5.44. The smallest absolute Gasteiger partial charge is 0.0141 e. The molecule has 3 rings (SSSR count). The fourth-order valence-corrected chi connectivity index (χ4v) is 4.57. The molecule has 1 aromatic rings. The van der Waals surface area contributed by atoms with Crippen molar-refractivity contribution in [1.29, 1.82) is 0 Å². The highest BCUT2D eigenvalue weighted by Gasteiger charge is 2.38. The molecule has 21 heavy (non-hydrogen) atoms. The molecule has 4 atom stereocenters. The van der Waals surface area contributed by atoms with Gasteiger partial charge in [-0.15, -0.1) is 12.4 Å². The van der Waals surface area contributed by atoms with Crippen LogP contribution in [0.15, 0.2) is 30.3 Å². The molecule has 1 nitrogen and oxygen atoms in total. The Morgan fingerprint density at radius 1 is 0.952 bits per heavy atom. The lowest BCUT2D eigenvalue weighted by molar-refractivity contribution is 0.122. The molecule has 2 saturated carbocycles. The van der Waals surface area contributed by atoms with E-state index in [0.29, 0.717) is 12.1 Å². The molecule has 0 aromatic heterocycles. The van der Waals surface area contributed by atoms with E-state index in [1.807, 2.05) is 0 Å². The Morgan fingerprint density at radius 3 is 2.19 bits per heavy atom. The molecule has 1 aromatic carbocycles. The third-order valence-electron chi connectivity index (χ3n) is 5.44. The third kappa shape index (κ3) is 4.02. The lowest BCUT2D eigenvalue weighted by Gasteiger charge is -2.45. The Morgan fingerprint density at radius 2 is 1.57 bits per heavy atom.